The third-order valence-corrected chi connectivity index (χ3v) is 0. The summed E-state index contributed by atoms with van der Waals surface area (Å²) in [6.07, 6.45) is -1.83. The van der Waals surface area contributed by atoms with E-state index in [1.54, 1.807) is 0 Å². The molecule has 0 amide bonds. The third kappa shape index (κ3) is 69.5. The van der Waals surface area contributed by atoms with E-state index in [2.05, 4.69) is 0 Å². The van der Waals surface area contributed by atoms with Crippen LogP contribution < -0.4 is 0 Å². The monoisotopic (exact) mass is 545 g/mol. The fourth-order valence-electron chi connectivity index (χ4n) is 0. The summed E-state index contributed by atoms with van der Waals surface area (Å²) < 4.78 is 0. The van der Waals surface area contributed by atoms with Gasteiger partial charge in [-0.15, -0.1) is 0 Å². The van der Waals surface area contributed by atoms with Gasteiger partial charge in [-0.25, -0.2) is 4.79 Å². The van der Waals surface area contributed by atoms with E-state index in [9.17, 15) is 0 Å². The molecule has 0 bridgehead atoms. The van der Waals surface area contributed by atoms with Gasteiger partial charge in [-0.2, -0.15) is 0 Å². The summed E-state index contributed by atoms with van der Waals surface area (Å²) in [5, 5.41) is 13.9. The van der Waals surface area contributed by atoms with Crippen LogP contribution in [0, 0.1) is 118 Å². The molecule has 8 heteroatoms. The SMILES string of the molecule is F.O=C(O)O.[Ca+2].[Ce].[H-].[H-].[La].[Nd]. The molecule has 0 unspecified atom stereocenters. The Kier molecular flexibility index (Phi) is 123. The van der Waals surface area contributed by atoms with Gasteiger partial charge in [0.15, 0.2) is 0 Å². The van der Waals surface area contributed by atoms with Crippen molar-refractivity contribution in [1.29, 1.82) is 0 Å². The van der Waals surface area contributed by atoms with Crippen LogP contribution in [0.1, 0.15) is 2.85 Å². The Morgan fingerprint density at radius 1 is 1.33 bits per heavy atom. The molecule has 0 saturated heterocycles. The normalized spacial score (nSPS) is 2.67. The van der Waals surface area contributed by atoms with Crippen molar-refractivity contribution in [2.24, 2.45) is 0 Å². The predicted octanol–water partition coefficient (Wildman–Crippen LogP) is 0.219. The zero-order valence-corrected chi connectivity index (χ0v) is 16.7. The van der Waals surface area contributed by atoms with E-state index < -0.39 is 6.16 Å². The van der Waals surface area contributed by atoms with E-state index in [0.717, 1.165) is 0 Å². The van der Waals surface area contributed by atoms with Crippen molar-refractivity contribution in [2.45, 2.75) is 0 Å². The van der Waals surface area contributed by atoms with Gasteiger partial charge in [-0.05, 0) is 0 Å². The molecular weight excluding hydrogens is 542 g/mol. The van der Waals surface area contributed by atoms with E-state index in [1.807, 2.05) is 0 Å². The maximum Gasteiger partial charge on any atom is 2.00 e. The summed E-state index contributed by atoms with van der Waals surface area (Å²) in [7, 11) is 0. The van der Waals surface area contributed by atoms with Gasteiger partial charge in [-0.1, -0.05) is 0 Å². The van der Waals surface area contributed by atoms with Crippen LogP contribution in [0.3, 0.4) is 0 Å². The van der Waals surface area contributed by atoms with Crippen LogP contribution in [-0.2, 0) is 0 Å². The molecule has 0 aliphatic heterocycles. The van der Waals surface area contributed by atoms with Crippen molar-refractivity contribution >= 4 is 43.9 Å². The van der Waals surface area contributed by atoms with Crippen LogP contribution in [0.2, 0.25) is 0 Å². The predicted molar refractivity (Wildman–Crippen MR) is 21.1 cm³/mol. The largest absolute Gasteiger partial charge is 2.00 e. The first-order valence-corrected chi connectivity index (χ1v) is 0.651. The number of carboxylic acid groups (broad SMARTS) is 2. The van der Waals surface area contributed by atoms with Gasteiger partial charge in [0.05, 0.1) is 0 Å². The minimum atomic E-state index is -1.83. The average Bonchev–Trinajstić information content (AvgIpc) is 0.811. The Bertz CT molecular complexity index is 54.3. The van der Waals surface area contributed by atoms with E-state index in [0.29, 0.717) is 0 Å². The zero-order valence-electron chi connectivity index (χ0n) is 6.50. The summed E-state index contributed by atoms with van der Waals surface area (Å²) in [6, 6.07) is 0. The molecule has 0 aromatic rings. The fraction of sp³-hybridized carbons (Fsp3) is 0. The first-order valence-electron chi connectivity index (χ1n) is 0.651. The number of rotatable bonds is 0. The second kappa shape index (κ2) is 29.4. The van der Waals surface area contributed by atoms with E-state index in [1.165, 1.54) is 0 Å². The minimum Gasteiger partial charge on any atom is -1.00 e. The van der Waals surface area contributed by atoms with Gasteiger partial charge in [0.2, 0.25) is 0 Å². The van der Waals surface area contributed by atoms with Gasteiger partial charge in [-0.3, -0.25) is 4.70 Å². The van der Waals surface area contributed by atoms with Gasteiger partial charge < -0.3 is 13.1 Å². The van der Waals surface area contributed by atoms with E-state index in [-0.39, 0.29) is 163 Å². The molecule has 0 aromatic carbocycles. The molecular formula is CH5CaCeFLaNdO3. The second-order valence-electron chi connectivity index (χ2n) is 0.283. The summed E-state index contributed by atoms with van der Waals surface area (Å²) >= 11 is 0. The molecule has 9 heavy (non-hydrogen) atoms. The summed E-state index contributed by atoms with van der Waals surface area (Å²) in [4.78, 5) is 8.56. The van der Waals surface area contributed by atoms with Crippen molar-refractivity contribution in [2.75, 3.05) is 0 Å². The van der Waals surface area contributed by atoms with Gasteiger partial charge in [0.1, 0.15) is 0 Å². The molecule has 0 aliphatic rings. The zero-order chi connectivity index (χ0) is 3.58. The smallest absolute Gasteiger partial charge is 1.00 e. The third-order valence-electron chi connectivity index (χ3n) is 0. The molecule has 0 aliphatic carbocycles. The quantitative estimate of drug-likeness (QED) is 0.427. The Hall–Kier alpha value is 4.38. The molecule has 0 spiro atoms. The van der Waals surface area contributed by atoms with Gasteiger partial charge in [0.25, 0.3) is 0 Å². The van der Waals surface area contributed by atoms with Gasteiger partial charge >= 0.3 is 43.9 Å². The first kappa shape index (κ1) is 37.6. The molecule has 0 rings (SSSR count). The Labute approximate surface area is 179 Å². The van der Waals surface area contributed by atoms with Crippen LogP contribution in [0.4, 0.5) is 9.50 Å². The van der Waals surface area contributed by atoms with E-state index in [4.69, 9.17) is 15.0 Å². The second-order valence-corrected chi connectivity index (χ2v) is 0.283. The van der Waals surface area contributed by atoms with Crippen molar-refractivity contribution in [3.63, 3.8) is 0 Å². The van der Waals surface area contributed by atoms with Crippen LogP contribution in [0.15, 0.2) is 0 Å². The topological polar surface area (TPSA) is 57.5 Å². The summed E-state index contributed by atoms with van der Waals surface area (Å²) in [5.74, 6) is 0. The molecule has 47 valence electrons. The Balaban J connectivity index is -0.00000000214. The molecule has 0 saturated carbocycles. The van der Waals surface area contributed by atoms with Crippen LogP contribution in [0.5, 0.6) is 0 Å². The van der Waals surface area contributed by atoms with Crippen molar-refractivity contribution in [3.8, 4) is 0 Å². The van der Waals surface area contributed by atoms with Crippen molar-refractivity contribution < 1.29 is 141 Å². The number of halogens is 1. The molecule has 2 N–H and O–H groups in total. The summed E-state index contributed by atoms with van der Waals surface area (Å²) in [6.45, 7) is 0. The molecule has 0 heterocycles. The Morgan fingerprint density at radius 3 is 1.33 bits per heavy atom. The molecule has 0 atom stereocenters. The maximum absolute atomic E-state index is 8.56. The fourth-order valence-corrected chi connectivity index (χ4v) is 0. The molecule has 3 nitrogen and oxygen atoms in total. The van der Waals surface area contributed by atoms with Gasteiger partial charge in [0, 0.05) is 118 Å². The standard InChI is InChI=1S/CH2O3.Ca.Ce.FH.La.Nd.2H/c2-1(3)4;;;;;;;/h(H2,2,3,4);;;1H;;;;/q;+2;;;;;2*-1. The molecule has 0 aromatic heterocycles. The van der Waals surface area contributed by atoms with Crippen LogP contribution in [-0.4, -0.2) is 54.1 Å². The maximum atomic E-state index is 8.56. The summed E-state index contributed by atoms with van der Waals surface area (Å²) in [5.41, 5.74) is 0. The van der Waals surface area contributed by atoms with Crippen molar-refractivity contribution in [3.05, 3.63) is 0 Å². The number of hydrogen-bond donors (Lipinski definition) is 2. The first-order chi connectivity index (χ1) is 1.73. The Morgan fingerprint density at radius 2 is 1.33 bits per heavy atom. The molecule has 0 fully saturated rings. The minimum absolute atomic E-state index is 0. The van der Waals surface area contributed by atoms with Crippen LogP contribution in [0.25, 0.3) is 0 Å². The van der Waals surface area contributed by atoms with Crippen molar-refractivity contribution in [1.82, 2.24) is 0 Å². The van der Waals surface area contributed by atoms with E-state index >= 15 is 0 Å². The average molecular weight is 547 g/mol. The number of hydrogen-bond acceptors (Lipinski definition) is 1. The number of carbonyl (C=O) groups is 1. The van der Waals surface area contributed by atoms with Crippen LogP contribution >= 0.6 is 0 Å². The molecule has 1 radical (unpaired) electrons.